The quantitative estimate of drug-likeness (QED) is 0.591. The summed E-state index contributed by atoms with van der Waals surface area (Å²) in [5, 5.41) is 2.44. The van der Waals surface area contributed by atoms with Crippen molar-refractivity contribution in [2.45, 2.75) is 13.8 Å². The van der Waals surface area contributed by atoms with E-state index in [4.69, 9.17) is 0 Å². The van der Waals surface area contributed by atoms with Crippen LogP contribution in [0.15, 0.2) is 36.4 Å². The van der Waals surface area contributed by atoms with Crippen LogP contribution in [-0.4, -0.2) is 13.1 Å². The average Bonchev–Trinajstić information content (AvgIpc) is 2.37. The fourth-order valence-corrected chi connectivity index (χ4v) is 2.03. The van der Waals surface area contributed by atoms with Crippen molar-refractivity contribution in [3.05, 3.63) is 53.1 Å². The van der Waals surface area contributed by atoms with E-state index in [1.807, 2.05) is 6.07 Å². The van der Waals surface area contributed by atoms with E-state index in [0.717, 1.165) is 5.56 Å². The summed E-state index contributed by atoms with van der Waals surface area (Å²) >= 11 is 0. The minimum absolute atomic E-state index is 0.335. The van der Waals surface area contributed by atoms with Gasteiger partial charge in [-0.05, 0) is 41.8 Å². The Morgan fingerprint density at radius 1 is 1.17 bits per heavy atom. The predicted molar refractivity (Wildman–Crippen MR) is 74.5 cm³/mol. The summed E-state index contributed by atoms with van der Waals surface area (Å²) < 4.78 is 4.59. The van der Waals surface area contributed by atoms with E-state index < -0.39 is 0 Å². The zero-order valence-corrected chi connectivity index (χ0v) is 10.9. The van der Waals surface area contributed by atoms with Gasteiger partial charge < -0.3 is 4.74 Å². The average molecular weight is 240 g/mol. The van der Waals surface area contributed by atoms with Crippen LogP contribution in [0.3, 0.4) is 0 Å². The fraction of sp³-hybridized carbons (Fsp3) is 0.188. The third-order valence-electron chi connectivity index (χ3n) is 3.09. The molecule has 0 aliphatic heterocycles. The van der Waals surface area contributed by atoms with Gasteiger partial charge in [0.2, 0.25) is 0 Å². The molecule has 0 aliphatic rings. The summed E-state index contributed by atoms with van der Waals surface area (Å²) in [5.74, 6) is -0.335. The van der Waals surface area contributed by atoms with E-state index >= 15 is 0 Å². The zero-order chi connectivity index (χ0) is 13.1. The molecule has 2 aromatic carbocycles. The number of carbonyl (C=O) groups is 1. The number of aryl methyl sites for hydroxylation is 2. The largest absolute Gasteiger partial charge is 0.466 e. The van der Waals surface area contributed by atoms with Crippen molar-refractivity contribution in [3.63, 3.8) is 0 Å². The lowest BCUT2D eigenvalue weighted by molar-refractivity contribution is -0.134. The zero-order valence-electron chi connectivity index (χ0n) is 10.9. The smallest absolute Gasteiger partial charge is 0.330 e. The highest BCUT2D eigenvalue weighted by Gasteiger charge is 2.02. The highest BCUT2D eigenvalue weighted by Crippen LogP contribution is 2.23. The molecule has 0 heterocycles. The number of methoxy groups -OCH3 is 1. The standard InChI is InChI=1S/C16H16O2/c1-11-4-8-15-12(2)13(5-6-14(15)10-11)7-9-16(17)18-3/h4-10H,1-3H3/b9-7+. The van der Waals surface area contributed by atoms with Gasteiger partial charge in [-0.3, -0.25) is 0 Å². The lowest BCUT2D eigenvalue weighted by Crippen LogP contribution is -1.94. The van der Waals surface area contributed by atoms with E-state index in [1.165, 1.54) is 35.1 Å². The number of carbonyl (C=O) groups excluding carboxylic acids is 1. The van der Waals surface area contributed by atoms with Crippen LogP contribution in [0.1, 0.15) is 16.7 Å². The Balaban J connectivity index is 2.48. The van der Waals surface area contributed by atoms with Gasteiger partial charge in [-0.15, -0.1) is 0 Å². The Kier molecular flexibility index (Phi) is 3.47. The molecule has 0 saturated heterocycles. The maximum Gasteiger partial charge on any atom is 0.330 e. The van der Waals surface area contributed by atoms with E-state index in [9.17, 15) is 4.79 Å². The maximum atomic E-state index is 11.1. The summed E-state index contributed by atoms with van der Waals surface area (Å²) in [6.45, 7) is 4.15. The molecule has 0 fully saturated rings. The molecule has 0 aliphatic carbocycles. The molecule has 0 spiro atoms. The molecular weight excluding hydrogens is 224 g/mol. The molecule has 0 aromatic heterocycles. The van der Waals surface area contributed by atoms with Gasteiger partial charge >= 0.3 is 5.97 Å². The van der Waals surface area contributed by atoms with Crippen molar-refractivity contribution in [1.82, 2.24) is 0 Å². The number of hydrogen-bond acceptors (Lipinski definition) is 2. The van der Waals surface area contributed by atoms with Crippen molar-refractivity contribution in [2.24, 2.45) is 0 Å². The molecule has 0 unspecified atom stereocenters. The van der Waals surface area contributed by atoms with Gasteiger partial charge in [0, 0.05) is 6.08 Å². The van der Waals surface area contributed by atoms with Crippen LogP contribution in [0.25, 0.3) is 16.8 Å². The second-order valence-corrected chi connectivity index (χ2v) is 4.36. The van der Waals surface area contributed by atoms with Crippen LogP contribution in [0.4, 0.5) is 0 Å². The first-order valence-electron chi connectivity index (χ1n) is 5.88. The first kappa shape index (κ1) is 12.4. The van der Waals surface area contributed by atoms with Gasteiger partial charge in [-0.1, -0.05) is 35.9 Å². The molecule has 92 valence electrons. The molecule has 0 radical (unpaired) electrons. The van der Waals surface area contributed by atoms with E-state index in [-0.39, 0.29) is 5.97 Å². The number of rotatable bonds is 2. The molecular formula is C16H16O2. The lowest BCUT2D eigenvalue weighted by Gasteiger charge is -2.07. The van der Waals surface area contributed by atoms with Crippen LogP contribution in [-0.2, 0) is 9.53 Å². The number of hydrogen-bond donors (Lipinski definition) is 0. The highest BCUT2D eigenvalue weighted by atomic mass is 16.5. The van der Waals surface area contributed by atoms with Crippen LogP contribution in [0, 0.1) is 13.8 Å². The fourth-order valence-electron chi connectivity index (χ4n) is 2.03. The number of esters is 1. The molecule has 2 aromatic rings. The molecule has 0 amide bonds. The molecule has 0 atom stereocenters. The molecule has 2 heteroatoms. The Labute approximate surface area is 107 Å². The van der Waals surface area contributed by atoms with Gasteiger partial charge in [0.15, 0.2) is 0 Å². The van der Waals surface area contributed by atoms with Gasteiger partial charge in [0.1, 0.15) is 0 Å². The van der Waals surface area contributed by atoms with Gasteiger partial charge in [-0.25, -0.2) is 4.79 Å². The first-order valence-corrected chi connectivity index (χ1v) is 5.88. The molecule has 2 nitrogen and oxygen atoms in total. The number of fused-ring (bicyclic) bond motifs is 1. The normalized spacial score (nSPS) is 11.1. The van der Waals surface area contributed by atoms with Crippen LogP contribution in [0.2, 0.25) is 0 Å². The summed E-state index contributed by atoms with van der Waals surface area (Å²) in [4.78, 5) is 11.1. The topological polar surface area (TPSA) is 26.3 Å². The Bertz CT molecular complexity index is 624. The Morgan fingerprint density at radius 2 is 1.94 bits per heavy atom. The second-order valence-electron chi connectivity index (χ2n) is 4.36. The van der Waals surface area contributed by atoms with Crippen molar-refractivity contribution < 1.29 is 9.53 Å². The van der Waals surface area contributed by atoms with Crippen molar-refractivity contribution in [1.29, 1.82) is 0 Å². The summed E-state index contributed by atoms with van der Waals surface area (Å²) in [5.41, 5.74) is 3.46. The summed E-state index contributed by atoms with van der Waals surface area (Å²) in [6, 6.07) is 10.5. The molecule has 18 heavy (non-hydrogen) atoms. The van der Waals surface area contributed by atoms with Crippen molar-refractivity contribution in [3.8, 4) is 0 Å². The third kappa shape index (κ3) is 2.43. The SMILES string of the molecule is COC(=O)/C=C/c1ccc2cc(C)ccc2c1C. The van der Waals surface area contributed by atoms with Gasteiger partial charge in [0.25, 0.3) is 0 Å². The minimum atomic E-state index is -0.335. The number of benzene rings is 2. The monoisotopic (exact) mass is 240 g/mol. The van der Waals surface area contributed by atoms with E-state index in [1.54, 1.807) is 6.08 Å². The number of ether oxygens (including phenoxy) is 1. The minimum Gasteiger partial charge on any atom is -0.466 e. The van der Waals surface area contributed by atoms with Crippen molar-refractivity contribution >= 4 is 22.8 Å². The third-order valence-corrected chi connectivity index (χ3v) is 3.09. The van der Waals surface area contributed by atoms with Gasteiger partial charge in [-0.2, -0.15) is 0 Å². The van der Waals surface area contributed by atoms with Gasteiger partial charge in [0.05, 0.1) is 7.11 Å². The summed E-state index contributed by atoms with van der Waals surface area (Å²) in [6.07, 6.45) is 3.24. The molecule has 0 N–H and O–H groups in total. The predicted octanol–water partition coefficient (Wildman–Crippen LogP) is 3.64. The van der Waals surface area contributed by atoms with Crippen LogP contribution in [0.5, 0.6) is 0 Å². The van der Waals surface area contributed by atoms with Crippen LogP contribution >= 0.6 is 0 Å². The van der Waals surface area contributed by atoms with E-state index in [0.29, 0.717) is 0 Å². The Morgan fingerprint density at radius 3 is 2.67 bits per heavy atom. The summed E-state index contributed by atoms with van der Waals surface area (Å²) in [7, 11) is 1.38. The highest BCUT2D eigenvalue weighted by molar-refractivity contribution is 5.92. The lowest BCUT2D eigenvalue weighted by atomic mass is 9.98. The van der Waals surface area contributed by atoms with Crippen LogP contribution < -0.4 is 0 Å². The molecule has 2 rings (SSSR count). The molecule has 0 bridgehead atoms. The maximum absolute atomic E-state index is 11.1. The van der Waals surface area contributed by atoms with Crippen molar-refractivity contribution in [2.75, 3.05) is 7.11 Å². The Hall–Kier alpha value is -2.09. The molecule has 0 saturated carbocycles. The second kappa shape index (κ2) is 5.05. The van der Waals surface area contributed by atoms with E-state index in [2.05, 4.69) is 42.8 Å². The first-order chi connectivity index (χ1) is 8.61.